The van der Waals surface area contributed by atoms with E-state index in [9.17, 15) is 9.59 Å². The Morgan fingerprint density at radius 2 is 1.85 bits per heavy atom. The monoisotopic (exact) mass is 293 g/mol. The highest BCUT2D eigenvalue weighted by atomic mass is 32.1. The Kier molecular flexibility index (Phi) is 3.52. The van der Waals surface area contributed by atoms with Crippen molar-refractivity contribution in [1.29, 1.82) is 0 Å². The Morgan fingerprint density at radius 3 is 2.35 bits per heavy atom. The van der Waals surface area contributed by atoms with E-state index in [1.807, 2.05) is 26.6 Å². The second kappa shape index (κ2) is 5.18. The molecule has 6 heteroatoms. The van der Waals surface area contributed by atoms with Gasteiger partial charge in [-0.2, -0.15) is 11.3 Å². The third-order valence-electron chi connectivity index (χ3n) is 4.32. The van der Waals surface area contributed by atoms with Crippen LogP contribution in [0, 0.1) is 5.41 Å². The topological polar surface area (TPSA) is 66.6 Å². The fraction of sp³-hybridized carbons (Fsp3) is 0.571. The van der Waals surface area contributed by atoms with Crippen LogP contribution in [0.4, 0.5) is 0 Å². The van der Waals surface area contributed by atoms with Gasteiger partial charge in [0.05, 0.1) is 11.0 Å². The molecule has 1 aliphatic heterocycles. The number of hydrogen-bond donors (Lipinski definition) is 1. The van der Waals surface area contributed by atoms with Crippen LogP contribution in [0.3, 0.4) is 0 Å². The summed E-state index contributed by atoms with van der Waals surface area (Å²) in [6.45, 7) is 2.91. The fourth-order valence-corrected chi connectivity index (χ4v) is 3.30. The Balaban J connectivity index is 1.57. The lowest BCUT2D eigenvalue weighted by molar-refractivity contribution is -0.138. The molecule has 3 rings (SSSR count). The van der Waals surface area contributed by atoms with Crippen LogP contribution in [0.5, 0.6) is 0 Å². The van der Waals surface area contributed by atoms with Gasteiger partial charge in [0.1, 0.15) is 0 Å². The molecule has 0 atom stereocenters. The summed E-state index contributed by atoms with van der Waals surface area (Å²) in [7, 11) is 0. The maximum Gasteiger partial charge on any atom is 0.254 e. The van der Waals surface area contributed by atoms with E-state index in [1.54, 1.807) is 0 Å². The van der Waals surface area contributed by atoms with E-state index in [0.717, 1.165) is 18.4 Å². The lowest BCUT2D eigenvalue weighted by Gasteiger charge is -2.36. The average Bonchev–Trinajstić information content (AvgIpc) is 3.11. The molecule has 1 aromatic heterocycles. The van der Waals surface area contributed by atoms with E-state index in [0.29, 0.717) is 32.7 Å². The molecule has 2 aliphatic rings. The molecular formula is C14H19N3O2S. The van der Waals surface area contributed by atoms with Crippen LogP contribution < -0.4 is 5.73 Å². The van der Waals surface area contributed by atoms with E-state index < -0.39 is 0 Å². The van der Waals surface area contributed by atoms with E-state index in [1.165, 1.54) is 11.3 Å². The summed E-state index contributed by atoms with van der Waals surface area (Å²) < 4.78 is 0. The fourth-order valence-electron chi connectivity index (χ4n) is 2.67. The Labute approximate surface area is 122 Å². The van der Waals surface area contributed by atoms with Crippen molar-refractivity contribution in [1.82, 2.24) is 9.80 Å². The minimum absolute atomic E-state index is 0.0679. The number of hydrogen-bond acceptors (Lipinski definition) is 4. The lowest BCUT2D eigenvalue weighted by Crippen LogP contribution is -2.53. The van der Waals surface area contributed by atoms with Gasteiger partial charge in [0.25, 0.3) is 5.91 Å². The maximum atomic E-state index is 12.4. The van der Waals surface area contributed by atoms with Crippen molar-refractivity contribution >= 4 is 23.2 Å². The van der Waals surface area contributed by atoms with E-state index in [2.05, 4.69) is 0 Å². The summed E-state index contributed by atoms with van der Waals surface area (Å²) in [6, 6.07) is 1.85. The van der Waals surface area contributed by atoms with Crippen LogP contribution in [0.1, 0.15) is 23.2 Å². The van der Waals surface area contributed by atoms with Crippen LogP contribution >= 0.6 is 11.3 Å². The number of piperazine rings is 1. The van der Waals surface area contributed by atoms with Crippen LogP contribution in [0.25, 0.3) is 0 Å². The van der Waals surface area contributed by atoms with Gasteiger partial charge in [-0.25, -0.2) is 0 Å². The molecule has 108 valence electrons. The molecule has 5 nitrogen and oxygen atoms in total. The summed E-state index contributed by atoms with van der Waals surface area (Å²) in [4.78, 5) is 28.3. The molecule has 0 aromatic carbocycles. The van der Waals surface area contributed by atoms with E-state index in [-0.39, 0.29) is 17.2 Å². The average molecular weight is 293 g/mol. The summed E-state index contributed by atoms with van der Waals surface area (Å²) in [5, 5.41) is 3.78. The van der Waals surface area contributed by atoms with Gasteiger partial charge in [0.15, 0.2) is 0 Å². The molecule has 2 heterocycles. The first-order chi connectivity index (χ1) is 9.66. The molecule has 0 unspecified atom stereocenters. The zero-order chi connectivity index (χ0) is 14.2. The summed E-state index contributed by atoms with van der Waals surface area (Å²) in [5.41, 5.74) is 6.17. The highest BCUT2D eigenvalue weighted by Crippen LogP contribution is 2.46. The molecule has 2 amide bonds. The number of nitrogens with two attached hydrogens (primary N) is 1. The second-order valence-electron chi connectivity index (χ2n) is 5.58. The van der Waals surface area contributed by atoms with Crippen molar-refractivity contribution < 1.29 is 9.59 Å². The van der Waals surface area contributed by atoms with Gasteiger partial charge >= 0.3 is 0 Å². The summed E-state index contributed by atoms with van der Waals surface area (Å²) in [5.74, 6) is 0.251. The highest BCUT2D eigenvalue weighted by molar-refractivity contribution is 7.08. The van der Waals surface area contributed by atoms with Crippen LogP contribution in [-0.2, 0) is 4.79 Å². The van der Waals surface area contributed by atoms with Gasteiger partial charge in [-0.3, -0.25) is 9.59 Å². The number of carbonyl (C=O) groups is 2. The predicted molar refractivity (Wildman–Crippen MR) is 77.5 cm³/mol. The number of amides is 2. The predicted octanol–water partition coefficient (Wildman–Crippen LogP) is 0.771. The van der Waals surface area contributed by atoms with E-state index >= 15 is 0 Å². The van der Waals surface area contributed by atoms with Crippen LogP contribution in [0.15, 0.2) is 16.8 Å². The molecule has 2 fully saturated rings. The minimum atomic E-state index is -0.278. The van der Waals surface area contributed by atoms with Gasteiger partial charge in [0, 0.05) is 38.1 Å². The number of rotatable bonds is 3. The van der Waals surface area contributed by atoms with Gasteiger partial charge in [0.2, 0.25) is 5.91 Å². The van der Waals surface area contributed by atoms with Gasteiger partial charge in [-0.15, -0.1) is 0 Å². The SMILES string of the molecule is NCC1(C(=O)N2CCN(C(=O)c3ccsc3)CC2)CC1. The Morgan fingerprint density at radius 1 is 1.20 bits per heavy atom. The van der Waals surface area contributed by atoms with E-state index in [4.69, 9.17) is 5.73 Å². The zero-order valence-electron chi connectivity index (χ0n) is 11.4. The zero-order valence-corrected chi connectivity index (χ0v) is 12.2. The molecule has 20 heavy (non-hydrogen) atoms. The molecular weight excluding hydrogens is 274 g/mol. The Bertz CT molecular complexity index is 502. The molecule has 0 spiro atoms. The van der Waals surface area contributed by atoms with Crippen molar-refractivity contribution in [2.45, 2.75) is 12.8 Å². The normalized spacial score (nSPS) is 20.9. The van der Waals surface area contributed by atoms with Crippen LogP contribution in [0.2, 0.25) is 0 Å². The largest absolute Gasteiger partial charge is 0.339 e. The number of thiophene rings is 1. The molecule has 1 aromatic rings. The van der Waals surface area contributed by atoms with Crippen molar-refractivity contribution in [2.24, 2.45) is 11.1 Å². The smallest absolute Gasteiger partial charge is 0.254 e. The molecule has 1 saturated carbocycles. The second-order valence-corrected chi connectivity index (χ2v) is 6.36. The van der Waals surface area contributed by atoms with Gasteiger partial charge in [-0.05, 0) is 24.3 Å². The van der Waals surface area contributed by atoms with Gasteiger partial charge in [-0.1, -0.05) is 0 Å². The van der Waals surface area contributed by atoms with Crippen molar-refractivity contribution in [2.75, 3.05) is 32.7 Å². The summed E-state index contributed by atoms with van der Waals surface area (Å²) in [6.07, 6.45) is 1.83. The van der Waals surface area contributed by atoms with Crippen molar-refractivity contribution in [3.05, 3.63) is 22.4 Å². The summed E-state index contributed by atoms with van der Waals surface area (Å²) >= 11 is 1.53. The Hall–Kier alpha value is -1.40. The maximum absolute atomic E-state index is 12.4. The first-order valence-electron chi connectivity index (χ1n) is 6.97. The first-order valence-corrected chi connectivity index (χ1v) is 7.91. The lowest BCUT2D eigenvalue weighted by atomic mass is 10.1. The number of nitrogens with zero attached hydrogens (tertiary/aromatic N) is 2. The molecule has 0 bridgehead atoms. The first kappa shape index (κ1) is 13.6. The quantitative estimate of drug-likeness (QED) is 0.895. The third-order valence-corrected chi connectivity index (χ3v) is 5.00. The van der Waals surface area contributed by atoms with Crippen molar-refractivity contribution in [3.63, 3.8) is 0 Å². The third kappa shape index (κ3) is 2.33. The molecule has 1 aliphatic carbocycles. The van der Waals surface area contributed by atoms with Gasteiger partial charge < -0.3 is 15.5 Å². The molecule has 2 N–H and O–H groups in total. The standard InChI is InChI=1S/C14H19N3O2S/c15-10-14(2-3-14)13(19)17-6-4-16(5-7-17)12(18)11-1-8-20-9-11/h1,8-9H,2-7,10,15H2. The minimum Gasteiger partial charge on any atom is -0.339 e. The van der Waals surface area contributed by atoms with Crippen LogP contribution in [-0.4, -0.2) is 54.3 Å². The molecule has 0 radical (unpaired) electrons. The number of carbonyl (C=O) groups excluding carboxylic acids is 2. The van der Waals surface area contributed by atoms with Crippen molar-refractivity contribution in [3.8, 4) is 0 Å². The highest BCUT2D eigenvalue weighted by Gasteiger charge is 2.50. The molecule has 1 saturated heterocycles.